The fourth-order valence-electron chi connectivity index (χ4n) is 3.36. The van der Waals surface area contributed by atoms with Gasteiger partial charge in [-0.05, 0) is 32.1 Å². The summed E-state index contributed by atoms with van der Waals surface area (Å²) in [4.78, 5) is 11.9. The van der Waals surface area contributed by atoms with Crippen LogP contribution < -0.4 is 5.32 Å². The van der Waals surface area contributed by atoms with E-state index in [0.717, 1.165) is 25.9 Å². The van der Waals surface area contributed by atoms with Gasteiger partial charge in [-0.25, -0.2) is 0 Å². The maximum Gasteiger partial charge on any atom is 0.139 e. The molecule has 15 heavy (non-hydrogen) atoms. The van der Waals surface area contributed by atoms with Crippen LogP contribution in [-0.2, 0) is 9.53 Å². The molecule has 84 valence electrons. The number of carbonyl (C=O) groups is 1. The Bertz CT molecular complexity index is 260. The molecular formula is C12H19NO2. The molecule has 0 aliphatic carbocycles. The van der Waals surface area contributed by atoms with Crippen molar-refractivity contribution < 1.29 is 9.53 Å². The smallest absolute Gasteiger partial charge is 0.139 e. The first kappa shape index (κ1) is 9.79. The first-order valence-corrected chi connectivity index (χ1v) is 6.23. The highest BCUT2D eigenvalue weighted by atomic mass is 16.5. The zero-order valence-corrected chi connectivity index (χ0v) is 9.08. The van der Waals surface area contributed by atoms with Gasteiger partial charge in [-0.1, -0.05) is 0 Å². The number of Topliss-reactive ketones (excluding diaryl/α,β-unsaturated/α-hetero) is 1. The standard InChI is InChI=1S/C12H19NO2/c14-12-6-8-3-4-11(13-8)10(12)7-9-2-1-5-15-9/h8-11,13H,1-7H2. The van der Waals surface area contributed by atoms with Gasteiger partial charge in [0, 0.05) is 31.0 Å². The van der Waals surface area contributed by atoms with Gasteiger partial charge in [-0.3, -0.25) is 4.79 Å². The molecule has 3 saturated heterocycles. The molecule has 3 heteroatoms. The van der Waals surface area contributed by atoms with E-state index in [1.807, 2.05) is 0 Å². The van der Waals surface area contributed by atoms with E-state index in [4.69, 9.17) is 4.74 Å². The molecule has 3 aliphatic heterocycles. The molecule has 1 N–H and O–H groups in total. The summed E-state index contributed by atoms with van der Waals surface area (Å²) < 4.78 is 5.63. The van der Waals surface area contributed by atoms with Gasteiger partial charge < -0.3 is 10.1 Å². The van der Waals surface area contributed by atoms with Crippen LogP contribution in [0.4, 0.5) is 0 Å². The first-order chi connectivity index (χ1) is 7.33. The Morgan fingerprint density at radius 3 is 3.07 bits per heavy atom. The Morgan fingerprint density at radius 2 is 2.27 bits per heavy atom. The van der Waals surface area contributed by atoms with Crippen LogP contribution in [0.15, 0.2) is 0 Å². The molecule has 0 aromatic heterocycles. The van der Waals surface area contributed by atoms with E-state index in [2.05, 4.69) is 5.32 Å². The molecular weight excluding hydrogens is 190 g/mol. The average Bonchev–Trinajstić information content (AvgIpc) is 2.82. The van der Waals surface area contributed by atoms with Crippen LogP contribution in [0.2, 0.25) is 0 Å². The number of hydrogen-bond donors (Lipinski definition) is 1. The highest BCUT2D eigenvalue weighted by molar-refractivity contribution is 5.83. The molecule has 3 nitrogen and oxygen atoms in total. The molecule has 0 spiro atoms. The minimum Gasteiger partial charge on any atom is -0.378 e. The van der Waals surface area contributed by atoms with Gasteiger partial charge in [-0.15, -0.1) is 0 Å². The maximum atomic E-state index is 11.9. The van der Waals surface area contributed by atoms with Crippen molar-refractivity contribution >= 4 is 5.78 Å². The largest absolute Gasteiger partial charge is 0.378 e. The monoisotopic (exact) mass is 209 g/mol. The van der Waals surface area contributed by atoms with Gasteiger partial charge in [0.2, 0.25) is 0 Å². The van der Waals surface area contributed by atoms with Crippen molar-refractivity contribution in [2.24, 2.45) is 5.92 Å². The lowest BCUT2D eigenvalue weighted by Crippen LogP contribution is -2.46. The summed E-state index contributed by atoms with van der Waals surface area (Å²) in [5.74, 6) is 0.726. The van der Waals surface area contributed by atoms with Gasteiger partial charge >= 0.3 is 0 Å². The van der Waals surface area contributed by atoms with E-state index in [0.29, 0.717) is 24.0 Å². The number of hydrogen-bond acceptors (Lipinski definition) is 3. The van der Waals surface area contributed by atoms with Crippen LogP contribution in [0.5, 0.6) is 0 Å². The van der Waals surface area contributed by atoms with Crippen LogP contribution in [0.25, 0.3) is 0 Å². The van der Waals surface area contributed by atoms with Gasteiger partial charge in [0.15, 0.2) is 0 Å². The Morgan fingerprint density at radius 1 is 1.33 bits per heavy atom. The van der Waals surface area contributed by atoms with Crippen molar-refractivity contribution in [2.75, 3.05) is 6.61 Å². The van der Waals surface area contributed by atoms with Gasteiger partial charge in [0.05, 0.1) is 6.10 Å². The van der Waals surface area contributed by atoms with Crippen LogP contribution in [0, 0.1) is 5.92 Å². The van der Waals surface area contributed by atoms with Gasteiger partial charge in [0.25, 0.3) is 0 Å². The molecule has 3 fully saturated rings. The van der Waals surface area contributed by atoms with Crippen LogP contribution in [0.3, 0.4) is 0 Å². The highest BCUT2D eigenvalue weighted by Gasteiger charge is 2.41. The minimum absolute atomic E-state index is 0.242. The topological polar surface area (TPSA) is 38.3 Å². The van der Waals surface area contributed by atoms with Crippen molar-refractivity contribution in [3.8, 4) is 0 Å². The van der Waals surface area contributed by atoms with Crippen molar-refractivity contribution in [3.63, 3.8) is 0 Å². The average molecular weight is 209 g/mol. The van der Waals surface area contributed by atoms with Crippen molar-refractivity contribution in [1.82, 2.24) is 5.32 Å². The number of fused-ring (bicyclic) bond motifs is 2. The minimum atomic E-state index is 0.242. The summed E-state index contributed by atoms with van der Waals surface area (Å²) in [5.41, 5.74) is 0. The Kier molecular flexibility index (Phi) is 2.53. The summed E-state index contributed by atoms with van der Waals surface area (Å²) in [6, 6.07) is 0.948. The Hall–Kier alpha value is -0.410. The Labute approximate surface area is 90.6 Å². The molecule has 3 heterocycles. The van der Waals surface area contributed by atoms with E-state index in [9.17, 15) is 4.79 Å². The number of ketones is 1. The van der Waals surface area contributed by atoms with Crippen LogP contribution >= 0.6 is 0 Å². The SMILES string of the molecule is O=C1CC2CCC(N2)C1CC1CCCO1. The third-order valence-corrected chi connectivity index (χ3v) is 4.16. The van der Waals surface area contributed by atoms with Crippen LogP contribution in [-0.4, -0.2) is 30.6 Å². The quantitative estimate of drug-likeness (QED) is 0.744. The fraction of sp³-hybridized carbons (Fsp3) is 0.917. The highest BCUT2D eigenvalue weighted by Crippen LogP contribution is 2.33. The fourth-order valence-corrected chi connectivity index (χ4v) is 3.36. The normalized spacial score (nSPS) is 44.9. The zero-order valence-electron chi connectivity index (χ0n) is 9.08. The lowest BCUT2D eigenvalue weighted by Gasteiger charge is -2.30. The molecule has 0 aromatic rings. The number of rotatable bonds is 2. The maximum absolute atomic E-state index is 11.9. The summed E-state index contributed by atoms with van der Waals surface area (Å²) in [6.45, 7) is 0.895. The predicted octanol–water partition coefficient (Wildman–Crippen LogP) is 1.27. The summed E-state index contributed by atoms with van der Waals surface area (Å²) in [6.07, 6.45) is 6.79. The molecule has 0 radical (unpaired) electrons. The second kappa shape index (κ2) is 3.87. The lowest BCUT2D eigenvalue weighted by atomic mass is 9.85. The molecule has 0 aromatic carbocycles. The van der Waals surface area contributed by atoms with Crippen molar-refractivity contribution in [3.05, 3.63) is 0 Å². The van der Waals surface area contributed by atoms with E-state index in [-0.39, 0.29) is 5.92 Å². The van der Waals surface area contributed by atoms with Gasteiger partial charge in [-0.2, -0.15) is 0 Å². The second-order valence-electron chi connectivity index (χ2n) is 5.20. The van der Waals surface area contributed by atoms with Crippen LogP contribution in [0.1, 0.15) is 38.5 Å². The third kappa shape index (κ3) is 1.83. The molecule has 0 saturated carbocycles. The predicted molar refractivity (Wildman–Crippen MR) is 56.7 cm³/mol. The van der Waals surface area contributed by atoms with E-state index < -0.39 is 0 Å². The summed E-state index contributed by atoms with van der Waals surface area (Å²) in [5, 5.41) is 3.57. The first-order valence-electron chi connectivity index (χ1n) is 6.23. The second-order valence-corrected chi connectivity index (χ2v) is 5.20. The van der Waals surface area contributed by atoms with Crippen molar-refractivity contribution in [2.45, 2.75) is 56.7 Å². The Balaban J connectivity index is 1.65. The van der Waals surface area contributed by atoms with E-state index in [1.165, 1.54) is 19.3 Å². The summed E-state index contributed by atoms with van der Waals surface area (Å²) in [7, 11) is 0. The van der Waals surface area contributed by atoms with Crippen molar-refractivity contribution in [1.29, 1.82) is 0 Å². The van der Waals surface area contributed by atoms with Gasteiger partial charge in [0.1, 0.15) is 5.78 Å². The molecule has 3 aliphatic rings. The zero-order chi connectivity index (χ0) is 10.3. The molecule has 4 atom stereocenters. The lowest BCUT2D eigenvalue weighted by molar-refractivity contribution is -0.126. The third-order valence-electron chi connectivity index (χ3n) is 4.16. The number of ether oxygens (including phenoxy) is 1. The molecule has 3 rings (SSSR count). The molecule has 2 bridgehead atoms. The van der Waals surface area contributed by atoms with E-state index in [1.54, 1.807) is 0 Å². The summed E-state index contributed by atoms with van der Waals surface area (Å²) >= 11 is 0. The number of carbonyl (C=O) groups excluding carboxylic acids is 1. The number of piperidine rings is 1. The molecule has 4 unspecified atom stereocenters. The van der Waals surface area contributed by atoms with E-state index >= 15 is 0 Å². The molecule has 0 amide bonds. The number of nitrogens with one attached hydrogen (secondary N) is 1.